The maximum atomic E-state index is 12.9. The maximum absolute atomic E-state index is 12.9. The molecule has 0 spiro atoms. The number of benzene rings is 4. The largest absolute Gasteiger partial charge is 0.506 e. The Morgan fingerprint density at radius 1 is 0.806 bits per heavy atom. The zero-order valence-corrected chi connectivity index (χ0v) is 17.8. The molecule has 1 N–H and O–H groups in total. The molecule has 0 saturated heterocycles. The summed E-state index contributed by atoms with van der Waals surface area (Å²) in [5.74, 6) is -0.669. The van der Waals surface area contributed by atoms with Gasteiger partial charge in [0.1, 0.15) is 11.3 Å². The van der Waals surface area contributed by atoms with Crippen LogP contribution in [0.4, 0.5) is 0 Å². The zero-order chi connectivity index (χ0) is 21.8. The molecule has 0 amide bonds. The third-order valence-electron chi connectivity index (χ3n) is 5.08. The summed E-state index contributed by atoms with van der Waals surface area (Å²) < 4.78 is 5.31. The van der Waals surface area contributed by atoms with Gasteiger partial charge in [0.15, 0.2) is 0 Å². The van der Waals surface area contributed by atoms with Crippen molar-refractivity contribution >= 4 is 17.6 Å². The van der Waals surface area contributed by atoms with E-state index in [0.29, 0.717) is 16.1 Å². The van der Waals surface area contributed by atoms with Gasteiger partial charge in [0.25, 0.3) is 0 Å². The van der Waals surface area contributed by atoms with Gasteiger partial charge in [0.2, 0.25) is 0 Å². The van der Waals surface area contributed by atoms with Crippen molar-refractivity contribution in [3.63, 3.8) is 0 Å². The lowest BCUT2D eigenvalue weighted by Crippen LogP contribution is -2.08. The van der Waals surface area contributed by atoms with Gasteiger partial charge < -0.3 is 9.84 Å². The fraction of sp³-hybridized carbons (Fsp3) is 0.0741. The molecule has 154 valence electrons. The smallest absolute Gasteiger partial charge is 0.342 e. The second-order valence-electron chi connectivity index (χ2n) is 7.03. The van der Waals surface area contributed by atoms with Gasteiger partial charge in [-0.05, 0) is 47.4 Å². The van der Waals surface area contributed by atoms with E-state index in [1.54, 1.807) is 19.1 Å². The first-order chi connectivity index (χ1) is 15.1. The summed E-state index contributed by atoms with van der Waals surface area (Å²) in [6.07, 6.45) is 0. The Balaban J connectivity index is 2.09. The lowest BCUT2D eigenvalue weighted by molar-refractivity contribution is 0.0524. The zero-order valence-electron chi connectivity index (χ0n) is 17.0. The Bertz CT molecular complexity index is 1200. The normalized spacial score (nSPS) is 10.6. The van der Waals surface area contributed by atoms with Crippen molar-refractivity contribution in [1.29, 1.82) is 0 Å². The highest BCUT2D eigenvalue weighted by Gasteiger charge is 2.26. The van der Waals surface area contributed by atoms with Crippen LogP contribution in [0.5, 0.6) is 5.75 Å². The maximum Gasteiger partial charge on any atom is 0.342 e. The van der Waals surface area contributed by atoms with Crippen molar-refractivity contribution in [2.75, 3.05) is 6.61 Å². The van der Waals surface area contributed by atoms with Gasteiger partial charge in [-0.25, -0.2) is 4.79 Å². The van der Waals surface area contributed by atoms with Gasteiger partial charge in [-0.15, -0.1) is 0 Å². The number of hydrogen-bond donors (Lipinski definition) is 1. The van der Waals surface area contributed by atoms with Crippen LogP contribution in [0.3, 0.4) is 0 Å². The summed E-state index contributed by atoms with van der Waals surface area (Å²) in [5.41, 5.74) is 4.65. The number of halogens is 1. The topological polar surface area (TPSA) is 46.5 Å². The van der Waals surface area contributed by atoms with Crippen LogP contribution in [-0.2, 0) is 4.74 Å². The minimum atomic E-state index is -0.568. The third-order valence-corrected chi connectivity index (χ3v) is 5.33. The SMILES string of the molecule is CCOC(=O)c1c(-c2ccc(Cl)cc2)cc(-c2ccccc2)c(-c2ccccc2)c1O. The van der Waals surface area contributed by atoms with Crippen LogP contribution in [0.1, 0.15) is 17.3 Å². The first-order valence-corrected chi connectivity index (χ1v) is 10.4. The molecule has 31 heavy (non-hydrogen) atoms. The predicted octanol–water partition coefficient (Wildman–Crippen LogP) is 7.22. The number of phenolic OH excluding ortho intramolecular Hbond substituents is 1. The van der Waals surface area contributed by atoms with Gasteiger partial charge in [0.05, 0.1) is 6.61 Å². The van der Waals surface area contributed by atoms with Gasteiger partial charge in [-0.3, -0.25) is 0 Å². The standard InChI is InChI=1S/C27H21ClO3/c1-2-31-27(30)25-23(19-13-15-21(28)16-14-19)17-22(18-9-5-3-6-10-18)24(26(25)29)20-11-7-4-8-12-20/h3-17,29H,2H2,1H3. The number of phenols is 1. The van der Waals surface area contributed by atoms with E-state index < -0.39 is 5.97 Å². The van der Waals surface area contributed by atoms with Crippen LogP contribution in [0.2, 0.25) is 5.02 Å². The highest BCUT2D eigenvalue weighted by molar-refractivity contribution is 6.30. The van der Waals surface area contributed by atoms with Gasteiger partial charge in [-0.1, -0.05) is 84.4 Å². The van der Waals surface area contributed by atoms with Crippen LogP contribution in [0.15, 0.2) is 91.0 Å². The summed E-state index contributed by atoms with van der Waals surface area (Å²) in [7, 11) is 0. The number of esters is 1. The van der Waals surface area contributed by atoms with E-state index in [-0.39, 0.29) is 17.9 Å². The average Bonchev–Trinajstić information content (AvgIpc) is 2.80. The summed E-state index contributed by atoms with van der Waals surface area (Å²) in [4.78, 5) is 12.9. The molecule has 4 aromatic rings. The highest BCUT2D eigenvalue weighted by atomic mass is 35.5. The summed E-state index contributed by atoms with van der Waals surface area (Å²) in [6, 6.07) is 28.5. The summed E-state index contributed by atoms with van der Waals surface area (Å²) in [5, 5.41) is 12.0. The van der Waals surface area contributed by atoms with Crippen LogP contribution in [-0.4, -0.2) is 17.7 Å². The van der Waals surface area contributed by atoms with Gasteiger partial charge in [-0.2, -0.15) is 0 Å². The number of ether oxygens (including phenoxy) is 1. The molecule has 0 aliphatic heterocycles. The second kappa shape index (κ2) is 9.07. The first kappa shape index (κ1) is 20.7. The molecule has 0 aliphatic rings. The molecule has 4 heteroatoms. The second-order valence-corrected chi connectivity index (χ2v) is 7.47. The Labute approximate surface area is 186 Å². The van der Waals surface area contributed by atoms with E-state index >= 15 is 0 Å². The van der Waals surface area contributed by atoms with Crippen molar-refractivity contribution in [2.45, 2.75) is 6.92 Å². The highest BCUT2D eigenvalue weighted by Crippen LogP contribution is 2.45. The van der Waals surface area contributed by atoms with E-state index in [9.17, 15) is 9.90 Å². The average molecular weight is 429 g/mol. The lowest BCUT2D eigenvalue weighted by Gasteiger charge is -2.19. The van der Waals surface area contributed by atoms with Crippen molar-refractivity contribution in [2.24, 2.45) is 0 Å². The van der Waals surface area contributed by atoms with Crippen molar-refractivity contribution in [3.8, 4) is 39.1 Å². The monoisotopic (exact) mass is 428 g/mol. The third kappa shape index (κ3) is 4.18. The summed E-state index contributed by atoms with van der Waals surface area (Å²) >= 11 is 6.07. The van der Waals surface area contributed by atoms with Gasteiger partial charge in [0, 0.05) is 16.1 Å². The van der Waals surface area contributed by atoms with Crippen LogP contribution < -0.4 is 0 Å². The number of hydrogen-bond acceptors (Lipinski definition) is 3. The van der Waals surface area contributed by atoms with Crippen LogP contribution >= 0.6 is 11.6 Å². The molecule has 0 aromatic heterocycles. The number of rotatable bonds is 5. The Kier molecular flexibility index (Phi) is 6.06. The molecule has 0 saturated carbocycles. The van der Waals surface area contributed by atoms with E-state index in [1.165, 1.54) is 0 Å². The van der Waals surface area contributed by atoms with E-state index in [0.717, 1.165) is 22.3 Å². The quantitative estimate of drug-likeness (QED) is 0.341. The van der Waals surface area contributed by atoms with E-state index in [4.69, 9.17) is 16.3 Å². The molecule has 0 bridgehead atoms. The fourth-order valence-electron chi connectivity index (χ4n) is 3.68. The fourth-order valence-corrected chi connectivity index (χ4v) is 3.80. The molecular weight excluding hydrogens is 408 g/mol. The molecule has 0 atom stereocenters. The number of carbonyl (C=O) groups is 1. The lowest BCUT2D eigenvalue weighted by atomic mass is 9.86. The number of carbonyl (C=O) groups excluding carboxylic acids is 1. The Morgan fingerprint density at radius 3 is 1.94 bits per heavy atom. The van der Waals surface area contributed by atoms with E-state index in [2.05, 4.69) is 0 Å². The summed E-state index contributed by atoms with van der Waals surface area (Å²) in [6.45, 7) is 1.95. The van der Waals surface area contributed by atoms with Crippen molar-refractivity contribution in [3.05, 3.63) is 102 Å². The van der Waals surface area contributed by atoms with Crippen LogP contribution in [0.25, 0.3) is 33.4 Å². The van der Waals surface area contributed by atoms with Gasteiger partial charge >= 0.3 is 5.97 Å². The molecule has 0 fully saturated rings. The van der Waals surface area contributed by atoms with Crippen LogP contribution in [0, 0.1) is 0 Å². The molecule has 0 radical (unpaired) electrons. The molecule has 0 aliphatic carbocycles. The Hall–Kier alpha value is -3.56. The minimum Gasteiger partial charge on any atom is -0.506 e. The molecule has 3 nitrogen and oxygen atoms in total. The minimum absolute atomic E-state index is 0.101. The van der Waals surface area contributed by atoms with Crippen molar-refractivity contribution < 1.29 is 14.6 Å². The first-order valence-electron chi connectivity index (χ1n) is 10.0. The predicted molar refractivity (Wildman–Crippen MR) is 125 cm³/mol. The number of aromatic hydroxyl groups is 1. The van der Waals surface area contributed by atoms with E-state index in [1.807, 2.05) is 78.9 Å². The molecule has 4 aromatic carbocycles. The molecule has 4 rings (SSSR count). The molecule has 0 heterocycles. The van der Waals surface area contributed by atoms with Crippen molar-refractivity contribution in [1.82, 2.24) is 0 Å². The Morgan fingerprint density at radius 2 is 1.35 bits per heavy atom. The molecule has 0 unspecified atom stereocenters. The molecular formula is C27H21ClO3.